The molecule has 0 heterocycles. The molecule has 0 fully saturated rings. The van der Waals surface area contributed by atoms with E-state index < -0.39 is 17.7 Å². The zero-order valence-electron chi connectivity index (χ0n) is 23.3. The zero-order chi connectivity index (χ0) is 28.8. The number of allylic oxidation sites excluding steroid dienone is 9. The maximum atomic E-state index is 12.8. The lowest BCUT2D eigenvalue weighted by Crippen LogP contribution is -2.27. The lowest BCUT2D eigenvalue weighted by atomic mass is 9.81. The van der Waals surface area contributed by atoms with Crippen LogP contribution in [-0.2, 0) is 28.7 Å². The van der Waals surface area contributed by atoms with Gasteiger partial charge in [0.2, 0.25) is 5.78 Å². The Morgan fingerprint density at radius 1 is 0.974 bits per heavy atom. The third kappa shape index (κ3) is 8.90. The Balaban J connectivity index is 2.92. The molecular weight excluding hydrogens is 488 g/mol. The van der Waals surface area contributed by atoms with Crippen LogP contribution in [0.1, 0.15) is 47.5 Å². The van der Waals surface area contributed by atoms with E-state index in [-0.39, 0.29) is 41.9 Å². The molecule has 0 atom stereocenters. The second-order valence-corrected chi connectivity index (χ2v) is 8.53. The summed E-state index contributed by atoms with van der Waals surface area (Å²) in [7, 11) is 1.26. The highest BCUT2D eigenvalue weighted by Crippen LogP contribution is 2.35. The standard InChI is InChI=1S/C29H40N2O7/c1-8-30(9-2)21(5)13-14-23(19-32)27-28(35)26(29(27)36)20(4)11-12-22(6)31(10-3)17-18-38-25(34)16-15-24(33)37-7/h11-14,19,35H,5,8-10,15-18H2,1-4,6-7H3/b14-13-,20-11+,22-12+,27-23-. The number of hydrogen-bond acceptors (Lipinski definition) is 9. The van der Waals surface area contributed by atoms with E-state index in [1.807, 2.05) is 43.6 Å². The van der Waals surface area contributed by atoms with Crippen molar-refractivity contribution in [1.82, 2.24) is 9.80 Å². The van der Waals surface area contributed by atoms with Crippen LogP contribution >= 0.6 is 0 Å². The first-order valence-corrected chi connectivity index (χ1v) is 12.7. The van der Waals surface area contributed by atoms with Crippen LogP contribution in [0.5, 0.6) is 0 Å². The smallest absolute Gasteiger partial charge is 0.306 e. The average molecular weight is 529 g/mol. The van der Waals surface area contributed by atoms with Crippen molar-refractivity contribution in [2.45, 2.75) is 47.5 Å². The Kier molecular flexibility index (Phi) is 13.6. The molecule has 1 aliphatic rings. The minimum atomic E-state index is -0.472. The van der Waals surface area contributed by atoms with E-state index in [1.165, 1.54) is 13.2 Å². The highest BCUT2D eigenvalue weighted by Gasteiger charge is 2.36. The van der Waals surface area contributed by atoms with Crippen LogP contribution in [0.15, 0.2) is 70.3 Å². The van der Waals surface area contributed by atoms with Crippen molar-refractivity contribution < 1.29 is 33.8 Å². The second kappa shape index (κ2) is 16.1. The Hall–Kier alpha value is -3.88. The number of aliphatic hydroxyl groups is 1. The van der Waals surface area contributed by atoms with Gasteiger partial charge in [0, 0.05) is 36.6 Å². The number of carbonyl (C=O) groups excluding carboxylic acids is 4. The lowest BCUT2D eigenvalue weighted by molar-refractivity contribution is -0.149. The van der Waals surface area contributed by atoms with Gasteiger partial charge in [0.25, 0.3) is 0 Å². The molecule has 1 rings (SSSR count). The normalized spacial score (nSPS) is 15.3. The predicted molar refractivity (Wildman–Crippen MR) is 146 cm³/mol. The Labute approximate surface area is 225 Å². The summed E-state index contributed by atoms with van der Waals surface area (Å²) >= 11 is 0. The molecule has 0 aromatic carbocycles. The van der Waals surface area contributed by atoms with Crippen molar-refractivity contribution >= 4 is 24.0 Å². The number of Topliss-reactive ketones (excluding diaryl/α,β-unsaturated/α-hetero) is 1. The first-order chi connectivity index (χ1) is 18.1. The molecule has 9 nitrogen and oxygen atoms in total. The maximum absolute atomic E-state index is 12.8. The molecule has 9 heteroatoms. The molecule has 0 radical (unpaired) electrons. The third-order valence-electron chi connectivity index (χ3n) is 6.20. The van der Waals surface area contributed by atoms with Crippen molar-refractivity contribution in [3.8, 4) is 0 Å². The summed E-state index contributed by atoms with van der Waals surface area (Å²) in [6, 6.07) is 0. The van der Waals surface area contributed by atoms with Crippen molar-refractivity contribution in [3.05, 3.63) is 70.3 Å². The van der Waals surface area contributed by atoms with E-state index in [2.05, 4.69) is 11.3 Å². The highest BCUT2D eigenvalue weighted by molar-refractivity contribution is 6.24. The van der Waals surface area contributed by atoms with Crippen LogP contribution in [0.25, 0.3) is 0 Å². The SMILES string of the molecule is C=C(/C=C\C(C=O)=C1\C(=O)C(C(/C)=C/C=C(\C)N(CC)CCOC(=O)CCC(=O)OC)=C1O)N(CC)CC. The number of likely N-dealkylation sites (N-methyl/N-ethyl adjacent to an activating group) is 2. The molecule has 1 aliphatic carbocycles. The Morgan fingerprint density at radius 3 is 2.11 bits per heavy atom. The van der Waals surface area contributed by atoms with Gasteiger partial charge in [-0.1, -0.05) is 12.7 Å². The predicted octanol–water partition coefficient (Wildman–Crippen LogP) is 3.96. The first kappa shape index (κ1) is 32.1. The molecule has 0 amide bonds. The third-order valence-corrected chi connectivity index (χ3v) is 6.20. The Morgan fingerprint density at radius 2 is 1.58 bits per heavy atom. The summed E-state index contributed by atoms with van der Waals surface area (Å²) < 4.78 is 9.68. The van der Waals surface area contributed by atoms with Crippen molar-refractivity contribution in [2.24, 2.45) is 0 Å². The number of esters is 2. The average Bonchev–Trinajstić information content (AvgIpc) is 2.91. The molecule has 38 heavy (non-hydrogen) atoms. The molecule has 0 unspecified atom stereocenters. The van der Waals surface area contributed by atoms with E-state index in [0.717, 1.165) is 18.8 Å². The summed E-state index contributed by atoms with van der Waals surface area (Å²) in [6.07, 6.45) is 7.18. The molecule has 1 N–H and O–H groups in total. The van der Waals surface area contributed by atoms with E-state index in [9.17, 15) is 24.3 Å². The quantitative estimate of drug-likeness (QED) is 0.138. The minimum Gasteiger partial charge on any atom is -0.506 e. The van der Waals surface area contributed by atoms with Crippen LogP contribution < -0.4 is 0 Å². The van der Waals surface area contributed by atoms with Gasteiger partial charge < -0.3 is 24.4 Å². The summed E-state index contributed by atoms with van der Waals surface area (Å²) in [4.78, 5) is 51.3. The van der Waals surface area contributed by atoms with Gasteiger partial charge in [-0.15, -0.1) is 0 Å². The fourth-order valence-corrected chi connectivity index (χ4v) is 3.81. The molecule has 0 spiro atoms. The summed E-state index contributed by atoms with van der Waals surface area (Å²) in [6.45, 7) is 16.3. The monoisotopic (exact) mass is 528 g/mol. The van der Waals surface area contributed by atoms with Crippen molar-refractivity contribution in [2.75, 3.05) is 39.9 Å². The van der Waals surface area contributed by atoms with E-state index in [1.54, 1.807) is 19.1 Å². The van der Waals surface area contributed by atoms with Crippen LogP contribution in [0.3, 0.4) is 0 Å². The summed E-state index contributed by atoms with van der Waals surface area (Å²) in [5, 5.41) is 10.6. The van der Waals surface area contributed by atoms with E-state index in [4.69, 9.17) is 4.74 Å². The fourth-order valence-electron chi connectivity index (χ4n) is 3.81. The zero-order valence-corrected chi connectivity index (χ0v) is 23.3. The number of aliphatic hydroxyl groups excluding tert-OH is 1. The molecule has 208 valence electrons. The summed E-state index contributed by atoms with van der Waals surface area (Å²) in [5.74, 6) is -1.54. The van der Waals surface area contributed by atoms with Crippen LogP contribution in [0.2, 0.25) is 0 Å². The van der Waals surface area contributed by atoms with E-state index in [0.29, 0.717) is 30.6 Å². The largest absolute Gasteiger partial charge is 0.506 e. The van der Waals surface area contributed by atoms with Crippen molar-refractivity contribution in [3.63, 3.8) is 0 Å². The molecule has 0 aliphatic heterocycles. The summed E-state index contributed by atoms with van der Waals surface area (Å²) in [5.41, 5.74) is 2.40. The van der Waals surface area contributed by atoms with Crippen LogP contribution in [-0.4, -0.2) is 78.8 Å². The molecule has 0 aromatic heterocycles. The molecule has 0 saturated carbocycles. The maximum Gasteiger partial charge on any atom is 0.306 e. The van der Waals surface area contributed by atoms with Crippen molar-refractivity contribution in [1.29, 1.82) is 0 Å². The van der Waals surface area contributed by atoms with Gasteiger partial charge in [-0.05, 0) is 58.4 Å². The second-order valence-electron chi connectivity index (χ2n) is 8.53. The highest BCUT2D eigenvalue weighted by atomic mass is 16.5. The number of ketones is 1. The molecule has 0 aromatic rings. The van der Waals surface area contributed by atoms with Crippen LogP contribution in [0, 0.1) is 0 Å². The number of nitrogens with zero attached hydrogens (tertiary/aromatic N) is 2. The fraction of sp³-hybridized carbons (Fsp3) is 0.448. The number of rotatable bonds is 16. The first-order valence-electron chi connectivity index (χ1n) is 12.7. The van der Waals surface area contributed by atoms with Gasteiger partial charge in [0.1, 0.15) is 12.4 Å². The van der Waals surface area contributed by atoms with Gasteiger partial charge in [0.15, 0.2) is 6.29 Å². The van der Waals surface area contributed by atoms with E-state index >= 15 is 0 Å². The minimum absolute atomic E-state index is 0.00347. The van der Waals surface area contributed by atoms with Gasteiger partial charge in [-0.25, -0.2) is 0 Å². The number of methoxy groups -OCH3 is 1. The van der Waals surface area contributed by atoms with Gasteiger partial charge >= 0.3 is 11.9 Å². The van der Waals surface area contributed by atoms with Gasteiger partial charge in [0.05, 0.1) is 37.6 Å². The number of carbonyl (C=O) groups is 4. The topological polar surface area (TPSA) is 113 Å². The molecule has 0 saturated heterocycles. The number of aldehydes is 1. The number of ether oxygens (including phenoxy) is 2. The van der Waals surface area contributed by atoms with Crippen LogP contribution in [0.4, 0.5) is 0 Å². The lowest BCUT2D eigenvalue weighted by Gasteiger charge is -2.24. The Bertz CT molecular complexity index is 1070. The molecular formula is C29H40N2O7. The number of hydrogen-bond donors (Lipinski definition) is 1. The van der Waals surface area contributed by atoms with Gasteiger partial charge in [-0.3, -0.25) is 19.2 Å². The molecule has 0 bridgehead atoms. The van der Waals surface area contributed by atoms with Gasteiger partial charge in [-0.2, -0.15) is 0 Å².